The van der Waals surface area contributed by atoms with Gasteiger partial charge in [0.25, 0.3) is 0 Å². The molecule has 1 aliphatic rings. The quantitative estimate of drug-likeness (QED) is 0.886. The van der Waals surface area contributed by atoms with Crippen LogP contribution in [-0.2, 0) is 6.54 Å². The van der Waals surface area contributed by atoms with E-state index in [0.717, 1.165) is 12.5 Å². The molecule has 1 aliphatic carbocycles. The van der Waals surface area contributed by atoms with Crippen LogP contribution in [0.15, 0.2) is 16.8 Å². The molecule has 1 heterocycles. The van der Waals surface area contributed by atoms with Gasteiger partial charge >= 0.3 is 0 Å². The molecule has 2 rings (SSSR count). The first-order valence-corrected chi connectivity index (χ1v) is 8.31. The second kappa shape index (κ2) is 6.38. The zero-order valence-corrected chi connectivity index (χ0v) is 13.6. The average molecular weight is 280 g/mol. The molecule has 2 unspecified atom stereocenters. The lowest BCUT2D eigenvalue weighted by molar-refractivity contribution is 0.110. The zero-order chi connectivity index (χ0) is 13.9. The second-order valence-electron chi connectivity index (χ2n) is 6.89. The Morgan fingerprint density at radius 2 is 2.26 bits per heavy atom. The van der Waals surface area contributed by atoms with Gasteiger partial charge in [0.1, 0.15) is 0 Å². The first kappa shape index (κ1) is 15.0. The summed E-state index contributed by atoms with van der Waals surface area (Å²) in [6, 6.07) is 2.93. The highest BCUT2D eigenvalue weighted by atomic mass is 32.1. The number of rotatable bonds is 5. The molecule has 1 fully saturated rings. The third-order valence-corrected chi connectivity index (χ3v) is 5.20. The van der Waals surface area contributed by atoms with Gasteiger partial charge < -0.3 is 10.2 Å². The molecular weight excluding hydrogens is 252 g/mol. The molecule has 1 aromatic rings. The summed E-state index contributed by atoms with van der Waals surface area (Å²) in [6.07, 6.45) is 4.01. The van der Waals surface area contributed by atoms with Crippen LogP contribution in [-0.4, -0.2) is 31.6 Å². The van der Waals surface area contributed by atoms with Crippen LogP contribution in [0.5, 0.6) is 0 Å². The third kappa shape index (κ3) is 4.30. The van der Waals surface area contributed by atoms with Gasteiger partial charge in [-0.15, -0.1) is 0 Å². The summed E-state index contributed by atoms with van der Waals surface area (Å²) in [6.45, 7) is 7.12. The van der Waals surface area contributed by atoms with E-state index in [9.17, 15) is 0 Å². The van der Waals surface area contributed by atoms with Crippen LogP contribution in [0.1, 0.15) is 38.7 Å². The predicted molar refractivity (Wildman–Crippen MR) is 84.6 cm³/mol. The molecule has 0 spiro atoms. The number of nitrogens with one attached hydrogen (secondary N) is 1. The summed E-state index contributed by atoms with van der Waals surface area (Å²) in [5.74, 6) is 0.775. The summed E-state index contributed by atoms with van der Waals surface area (Å²) < 4.78 is 0. The van der Waals surface area contributed by atoms with Gasteiger partial charge in [-0.25, -0.2) is 0 Å². The second-order valence-corrected chi connectivity index (χ2v) is 7.67. The standard InChI is InChI=1S/C16H28N2S/c1-16(2)7-5-15(17-3)14(9-16)11-18(4)10-13-6-8-19-12-13/h6,8,12,14-15,17H,5,7,9-11H2,1-4H3. The van der Waals surface area contributed by atoms with Crippen LogP contribution in [0.4, 0.5) is 0 Å². The van der Waals surface area contributed by atoms with Gasteiger partial charge in [-0.05, 0) is 67.1 Å². The minimum Gasteiger partial charge on any atom is -0.317 e. The normalized spacial score (nSPS) is 26.8. The Morgan fingerprint density at radius 1 is 1.47 bits per heavy atom. The van der Waals surface area contributed by atoms with E-state index in [1.54, 1.807) is 11.3 Å². The number of hydrogen-bond donors (Lipinski definition) is 1. The summed E-state index contributed by atoms with van der Waals surface area (Å²) in [7, 11) is 4.38. The molecule has 1 aromatic heterocycles. The van der Waals surface area contributed by atoms with Gasteiger partial charge in [-0.2, -0.15) is 11.3 Å². The maximum Gasteiger partial charge on any atom is 0.0239 e. The Balaban J connectivity index is 1.91. The predicted octanol–water partition coefficient (Wildman–Crippen LogP) is 3.59. The van der Waals surface area contributed by atoms with E-state index >= 15 is 0 Å². The molecule has 0 saturated heterocycles. The number of thiophene rings is 1. The zero-order valence-electron chi connectivity index (χ0n) is 12.8. The molecule has 0 aromatic carbocycles. The highest BCUT2D eigenvalue weighted by Crippen LogP contribution is 2.39. The Hall–Kier alpha value is -0.380. The van der Waals surface area contributed by atoms with E-state index in [1.165, 1.54) is 31.4 Å². The maximum absolute atomic E-state index is 3.53. The van der Waals surface area contributed by atoms with Crippen molar-refractivity contribution in [2.45, 2.75) is 45.7 Å². The molecule has 0 amide bonds. The van der Waals surface area contributed by atoms with Crippen molar-refractivity contribution in [2.24, 2.45) is 11.3 Å². The molecule has 108 valence electrons. The Labute approximate surface area is 122 Å². The topological polar surface area (TPSA) is 15.3 Å². The van der Waals surface area contributed by atoms with Gasteiger partial charge in [-0.1, -0.05) is 13.8 Å². The van der Waals surface area contributed by atoms with Gasteiger partial charge in [0.15, 0.2) is 0 Å². The molecule has 0 bridgehead atoms. The summed E-state index contributed by atoms with van der Waals surface area (Å²) in [5, 5.41) is 7.96. The first-order valence-electron chi connectivity index (χ1n) is 7.37. The molecule has 3 heteroatoms. The monoisotopic (exact) mass is 280 g/mol. The lowest BCUT2D eigenvalue weighted by Crippen LogP contribution is -2.45. The minimum atomic E-state index is 0.515. The van der Waals surface area contributed by atoms with Crippen molar-refractivity contribution in [3.05, 3.63) is 22.4 Å². The summed E-state index contributed by atoms with van der Waals surface area (Å²) in [4.78, 5) is 2.48. The van der Waals surface area contributed by atoms with Gasteiger partial charge in [-0.3, -0.25) is 0 Å². The van der Waals surface area contributed by atoms with E-state index in [4.69, 9.17) is 0 Å². The van der Waals surface area contributed by atoms with Gasteiger partial charge in [0.05, 0.1) is 0 Å². The lowest BCUT2D eigenvalue weighted by atomic mass is 9.69. The van der Waals surface area contributed by atoms with Crippen molar-refractivity contribution >= 4 is 11.3 Å². The van der Waals surface area contributed by atoms with Crippen LogP contribution in [0.3, 0.4) is 0 Å². The van der Waals surface area contributed by atoms with E-state index < -0.39 is 0 Å². The van der Waals surface area contributed by atoms with Crippen molar-refractivity contribution in [1.29, 1.82) is 0 Å². The number of hydrogen-bond acceptors (Lipinski definition) is 3. The van der Waals surface area contributed by atoms with Crippen LogP contribution in [0.25, 0.3) is 0 Å². The van der Waals surface area contributed by atoms with E-state index in [0.29, 0.717) is 11.5 Å². The minimum absolute atomic E-state index is 0.515. The highest BCUT2D eigenvalue weighted by molar-refractivity contribution is 7.07. The van der Waals surface area contributed by atoms with Crippen LogP contribution < -0.4 is 5.32 Å². The largest absolute Gasteiger partial charge is 0.317 e. The van der Waals surface area contributed by atoms with Crippen LogP contribution in [0, 0.1) is 11.3 Å². The average Bonchev–Trinajstić information content (AvgIpc) is 2.81. The Bertz CT molecular complexity index is 372. The summed E-state index contributed by atoms with van der Waals surface area (Å²) in [5.41, 5.74) is 1.96. The number of nitrogens with zero attached hydrogens (tertiary/aromatic N) is 1. The van der Waals surface area contributed by atoms with E-state index in [1.807, 2.05) is 0 Å². The maximum atomic E-state index is 3.53. The Morgan fingerprint density at radius 3 is 2.89 bits per heavy atom. The molecule has 0 radical (unpaired) electrons. The first-order chi connectivity index (χ1) is 9.00. The van der Waals surface area contributed by atoms with E-state index in [-0.39, 0.29) is 0 Å². The summed E-state index contributed by atoms with van der Waals surface area (Å²) >= 11 is 1.79. The van der Waals surface area contributed by atoms with Crippen molar-refractivity contribution in [3.63, 3.8) is 0 Å². The van der Waals surface area contributed by atoms with Crippen LogP contribution >= 0.6 is 11.3 Å². The molecule has 19 heavy (non-hydrogen) atoms. The van der Waals surface area contributed by atoms with Crippen molar-refractivity contribution in [2.75, 3.05) is 20.6 Å². The lowest BCUT2D eigenvalue weighted by Gasteiger charge is -2.42. The third-order valence-electron chi connectivity index (χ3n) is 4.47. The highest BCUT2D eigenvalue weighted by Gasteiger charge is 2.34. The van der Waals surface area contributed by atoms with Crippen molar-refractivity contribution < 1.29 is 0 Å². The Kier molecular flexibility index (Phi) is 5.04. The van der Waals surface area contributed by atoms with Crippen molar-refractivity contribution in [1.82, 2.24) is 10.2 Å². The molecule has 2 nitrogen and oxygen atoms in total. The van der Waals surface area contributed by atoms with Crippen molar-refractivity contribution in [3.8, 4) is 0 Å². The van der Waals surface area contributed by atoms with Gasteiger partial charge in [0.2, 0.25) is 0 Å². The van der Waals surface area contributed by atoms with Gasteiger partial charge in [0, 0.05) is 19.1 Å². The molecule has 1 saturated carbocycles. The fraction of sp³-hybridized carbons (Fsp3) is 0.750. The van der Waals surface area contributed by atoms with Crippen LogP contribution in [0.2, 0.25) is 0 Å². The molecule has 1 N–H and O–H groups in total. The fourth-order valence-electron chi connectivity index (χ4n) is 3.47. The smallest absolute Gasteiger partial charge is 0.0239 e. The van der Waals surface area contributed by atoms with E-state index in [2.05, 4.69) is 55.0 Å². The molecular formula is C16H28N2S. The molecule has 2 atom stereocenters. The fourth-order valence-corrected chi connectivity index (χ4v) is 4.13. The molecule has 0 aliphatic heterocycles. The SMILES string of the molecule is CNC1CCC(C)(C)CC1CN(C)Cc1ccsc1.